The first-order chi connectivity index (χ1) is 11.4. The first-order valence-corrected chi connectivity index (χ1v) is 8.42. The van der Waals surface area contributed by atoms with Crippen LogP contribution in [-0.2, 0) is 4.79 Å². The maximum absolute atomic E-state index is 13.0. The summed E-state index contributed by atoms with van der Waals surface area (Å²) in [5.41, 5.74) is 0.425. The zero-order valence-corrected chi connectivity index (χ0v) is 15.0. The van der Waals surface area contributed by atoms with Gasteiger partial charge in [0.05, 0.1) is 20.3 Å². The molecule has 3 atom stereocenters. The van der Waals surface area contributed by atoms with Crippen molar-refractivity contribution in [3.8, 4) is 11.5 Å². The molecule has 0 saturated heterocycles. The third kappa shape index (κ3) is 3.48. The number of hydrogen-bond donors (Lipinski definition) is 1. The summed E-state index contributed by atoms with van der Waals surface area (Å²) in [5.74, 6) is 0.874. The second-order valence-corrected chi connectivity index (χ2v) is 7.11. The Labute approximate surface area is 144 Å². The molecule has 1 aromatic rings. The first kappa shape index (κ1) is 18.5. The van der Waals surface area contributed by atoms with Crippen molar-refractivity contribution in [3.63, 3.8) is 0 Å². The zero-order chi connectivity index (χ0) is 17.9. The van der Waals surface area contributed by atoms with Crippen molar-refractivity contribution in [2.75, 3.05) is 14.2 Å². The van der Waals surface area contributed by atoms with Crippen LogP contribution >= 0.6 is 0 Å². The highest BCUT2D eigenvalue weighted by atomic mass is 16.5. The highest BCUT2D eigenvalue weighted by Gasteiger charge is 2.44. The van der Waals surface area contributed by atoms with Crippen LogP contribution in [0.25, 0.3) is 0 Å². The fourth-order valence-corrected chi connectivity index (χ4v) is 3.75. The largest absolute Gasteiger partial charge is 0.497 e. The molecule has 132 valence electrons. The molecule has 24 heavy (non-hydrogen) atoms. The minimum absolute atomic E-state index is 0.199. The molecular weight excluding hydrogens is 304 g/mol. The lowest BCUT2D eigenvalue weighted by molar-refractivity contribution is -0.136. The second-order valence-electron chi connectivity index (χ2n) is 7.11. The van der Waals surface area contributed by atoms with Gasteiger partial charge in [-0.25, -0.2) is 0 Å². The lowest BCUT2D eigenvalue weighted by Crippen LogP contribution is -2.41. The van der Waals surface area contributed by atoms with Gasteiger partial charge in [0.25, 0.3) is 0 Å². The SMILES string of the molecule is C=CC(O)[C@H](c1cc(OC)ccc1OC)[C@H]1CCCC(C)(C)C1=O. The minimum atomic E-state index is -0.825. The standard InChI is InChI=1S/C20H28O4/c1-6-16(21)18(14-8-7-11-20(2,3)19(14)22)15-12-13(23-4)9-10-17(15)24-5/h6,9-10,12,14,16,18,21H,1,7-8,11H2,2-5H3/t14-,16?,18+/m1/s1. The lowest BCUT2D eigenvalue weighted by Gasteiger charge is -2.39. The van der Waals surface area contributed by atoms with Crippen molar-refractivity contribution in [3.05, 3.63) is 36.4 Å². The lowest BCUT2D eigenvalue weighted by atomic mass is 9.64. The van der Waals surface area contributed by atoms with Gasteiger partial charge in [-0.1, -0.05) is 26.3 Å². The molecule has 1 aromatic carbocycles. The van der Waals surface area contributed by atoms with Crippen molar-refractivity contribution >= 4 is 5.78 Å². The van der Waals surface area contributed by atoms with Gasteiger partial charge in [-0.15, -0.1) is 6.58 Å². The quantitative estimate of drug-likeness (QED) is 0.807. The van der Waals surface area contributed by atoms with Crippen molar-refractivity contribution in [2.24, 2.45) is 11.3 Å². The predicted molar refractivity (Wildman–Crippen MR) is 94.6 cm³/mol. The van der Waals surface area contributed by atoms with E-state index in [0.717, 1.165) is 24.8 Å². The van der Waals surface area contributed by atoms with E-state index in [1.54, 1.807) is 14.2 Å². The van der Waals surface area contributed by atoms with Gasteiger partial charge in [0, 0.05) is 22.8 Å². The number of benzene rings is 1. The average molecular weight is 332 g/mol. The third-order valence-corrected chi connectivity index (χ3v) is 5.16. The van der Waals surface area contributed by atoms with Gasteiger partial charge < -0.3 is 14.6 Å². The number of aliphatic hydroxyl groups is 1. The van der Waals surface area contributed by atoms with E-state index in [1.807, 2.05) is 32.0 Å². The Balaban J connectivity index is 2.54. The molecule has 0 radical (unpaired) electrons. The Morgan fingerprint density at radius 3 is 2.62 bits per heavy atom. The first-order valence-electron chi connectivity index (χ1n) is 8.42. The molecule has 0 aliphatic heterocycles. The Morgan fingerprint density at radius 1 is 1.33 bits per heavy atom. The van der Waals surface area contributed by atoms with E-state index >= 15 is 0 Å². The van der Waals surface area contributed by atoms with Gasteiger partial charge in [-0.3, -0.25) is 4.79 Å². The van der Waals surface area contributed by atoms with Crippen LogP contribution < -0.4 is 9.47 Å². The van der Waals surface area contributed by atoms with Crippen LogP contribution in [0.5, 0.6) is 11.5 Å². The van der Waals surface area contributed by atoms with E-state index in [0.29, 0.717) is 11.5 Å². The molecule has 1 unspecified atom stereocenters. The Hall–Kier alpha value is -1.81. The van der Waals surface area contributed by atoms with Crippen LogP contribution in [0.4, 0.5) is 0 Å². The van der Waals surface area contributed by atoms with Crippen molar-refractivity contribution in [1.29, 1.82) is 0 Å². The number of ether oxygens (including phenoxy) is 2. The fraction of sp³-hybridized carbons (Fsp3) is 0.550. The van der Waals surface area contributed by atoms with Gasteiger partial charge in [-0.2, -0.15) is 0 Å². The summed E-state index contributed by atoms with van der Waals surface area (Å²) in [6.07, 6.45) is 3.29. The summed E-state index contributed by atoms with van der Waals surface area (Å²) in [6, 6.07) is 5.48. The molecule has 0 bridgehead atoms. The van der Waals surface area contributed by atoms with E-state index in [-0.39, 0.29) is 23.0 Å². The van der Waals surface area contributed by atoms with Crippen LogP contribution in [0.2, 0.25) is 0 Å². The molecule has 1 fully saturated rings. The monoisotopic (exact) mass is 332 g/mol. The topological polar surface area (TPSA) is 55.8 Å². The number of carbonyl (C=O) groups is 1. The summed E-state index contributed by atoms with van der Waals surface area (Å²) in [7, 11) is 3.19. The molecule has 2 rings (SSSR count). The summed E-state index contributed by atoms with van der Waals surface area (Å²) < 4.78 is 10.8. The molecule has 1 N–H and O–H groups in total. The maximum atomic E-state index is 13.0. The number of methoxy groups -OCH3 is 2. The van der Waals surface area contributed by atoms with E-state index in [9.17, 15) is 9.90 Å². The van der Waals surface area contributed by atoms with Gasteiger partial charge in [0.1, 0.15) is 17.3 Å². The summed E-state index contributed by atoms with van der Waals surface area (Å²) in [4.78, 5) is 13.0. The minimum Gasteiger partial charge on any atom is -0.497 e. The smallest absolute Gasteiger partial charge is 0.142 e. The predicted octanol–water partition coefficient (Wildman–Crippen LogP) is 3.73. The number of ketones is 1. The number of Topliss-reactive ketones (excluding diaryl/α,β-unsaturated/α-hetero) is 1. The van der Waals surface area contributed by atoms with Crippen molar-refractivity contribution in [2.45, 2.75) is 45.1 Å². The van der Waals surface area contributed by atoms with Crippen LogP contribution in [0.15, 0.2) is 30.9 Å². The van der Waals surface area contributed by atoms with E-state index in [4.69, 9.17) is 9.47 Å². The van der Waals surface area contributed by atoms with Crippen molar-refractivity contribution in [1.82, 2.24) is 0 Å². The number of hydrogen-bond acceptors (Lipinski definition) is 4. The van der Waals surface area contributed by atoms with Crippen molar-refractivity contribution < 1.29 is 19.4 Å². The fourth-order valence-electron chi connectivity index (χ4n) is 3.75. The molecule has 1 saturated carbocycles. The molecule has 0 spiro atoms. The van der Waals surface area contributed by atoms with Crippen LogP contribution in [-0.4, -0.2) is 31.2 Å². The molecule has 4 nitrogen and oxygen atoms in total. The highest BCUT2D eigenvalue weighted by Crippen LogP contribution is 2.46. The molecule has 0 amide bonds. The summed E-state index contributed by atoms with van der Waals surface area (Å²) >= 11 is 0. The molecule has 1 aliphatic rings. The van der Waals surface area contributed by atoms with Gasteiger partial charge in [0.15, 0.2) is 0 Å². The Kier molecular flexibility index (Phi) is 5.70. The molecule has 1 aliphatic carbocycles. The number of aliphatic hydroxyl groups excluding tert-OH is 1. The third-order valence-electron chi connectivity index (χ3n) is 5.16. The summed E-state index contributed by atoms with van der Waals surface area (Å²) in [6.45, 7) is 7.70. The normalized spacial score (nSPS) is 22.5. The Morgan fingerprint density at radius 2 is 2.04 bits per heavy atom. The van der Waals surface area contributed by atoms with E-state index in [1.165, 1.54) is 6.08 Å². The van der Waals surface area contributed by atoms with Gasteiger partial charge >= 0.3 is 0 Å². The number of rotatable bonds is 6. The molecule has 0 aromatic heterocycles. The highest BCUT2D eigenvalue weighted by molar-refractivity contribution is 5.88. The van der Waals surface area contributed by atoms with Crippen LogP contribution in [0, 0.1) is 11.3 Å². The summed E-state index contributed by atoms with van der Waals surface area (Å²) in [5, 5.41) is 10.6. The van der Waals surface area contributed by atoms with Gasteiger partial charge in [-0.05, 0) is 31.0 Å². The Bertz CT molecular complexity index is 606. The molecule has 0 heterocycles. The van der Waals surface area contributed by atoms with E-state index < -0.39 is 6.10 Å². The number of carbonyl (C=O) groups excluding carboxylic acids is 1. The van der Waals surface area contributed by atoms with Crippen LogP contribution in [0.1, 0.15) is 44.6 Å². The maximum Gasteiger partial charge on any atom is 0.142 e. The average Bonchev–Trinajstić information content (AvgIpc) is 2.58. The molecular formula is C20H28O4. The van der Waals surface area contributed by atoms with E-state index in [2.05, 4.69) is 6.58 Å². The van der Waals surface area contributed by atoms with Gasteiger partial charge in [0.2, 0.25) is 0 Å². The molecule has 4 heteroatoms. The zero-order valence-electron chi connectivity index (χ0n) is 15.0. The van der Waals surface area contributed by atoms with Crippen LogP contribution in [0.3, 0.4) is 0 Å². The second kappa shape index (κ2) is 7.39.